The molecule has 0 aliphatic carbocycles. The van der Waals surface area contributed by atoms with Crippen LogP contribution in [-0.2, 0) is 0 Å². The average Bonchev–Trinajstić information content (AvgIpc) is 2.40. The molecule has 0 N–H and O–H groups in total. The van der Waals surface area contributed by atoms with Gasteiger partial charge in [0.05, 0.1) is 0 Å². The first-order valence-corrected chi connectivity index (χ1v) is 5.87. The quantitative estimate of drug-likeness (QED) is 0.508. The van der Waals surface area contributed by atoms with Crippen molar-refractivity contribution in [2.24, 2.45) is 0 Å². The van der Waals surface area contributed by atoms with E-state index >= 15 is 0 Å². The van der Waals surface area contributed by atoms with Gasteiger partial charge in [-0.2, -0.15) is 0 Å². The summed E-state index contributed by atoms with van der Waals surface area (Å²) in [5.74, 6) is 0. The van der Waals surface area contributed by atoms with Gasteiger partial charge in [-0.3, -0.25) is 0 Å². The summed E-state index contributed by atoms with van der Waals surface area (Å²) in [5, 5.41) is 7.52. The fraction of sp³-hybridized carbons (Fsp3) is 0.0588. The molecule has 0 heterocycles. The van der Waals surface area contributed by atoms with Crippen molar-refractivity contribution < 1.29 is 0 Å². The first-order chi connectivity index (χ1) is 8.33. The highest BCUT2D eigenvalue weighted by atomic mass is 14.1. The summed E-state index contributed by atoms with van der Waals surface area (Å²) in [6.07, 6.45) is 2.15. The van der Waals surface area contributed by atoms with Gasteiger partial charge in [0.25, 0.3) is 0 Å². The van der Waals surface area contributed by atoms with Gasteiger partial charge in [-0.05, 0) is 38.9 Å². The number of benzene rings is 3. The van der Waals surface area contributed by atoms with Crippen LogP contribution in [0.1, 0.15) is 6.92 Å². The van der Waals surface area contributed by atoms with Gasteiger partial charge in [0.1, 0.15) is 0 Å². The second-order valence-corrected chi connectivity index (χ2v) is 4.27. The van der Waals surface area contributed by atoms with E-state index in [1.165, 1.54) is 26.8 Å². The largest absolute Gasteiger partial charge is 0.0905 e. The molecule has 82 valence electrons. The Balaban J connectivity index is 2.80. The van der Waals surface area contributed by atoms with Crippen molar-refractivity contribution in [3.05, 3.63) is 59.0 Å². The highest BCUT2D eigenvalue weighted by Gasteiger charge is 2.02. The SMILES string of the molecule is C=c1/c(=C\C)c2ccccc2c2ccccc12. The molecule has 0 aliphatic rings. The molecule has 0 fully saturated rings. The van der Waals surface area contributed by atoms with E-state index in [1.54, 1.807) is 0 Å². The maximum Gasteiger partial charge on any atom is -0.00991 e. The summed E-state index contributed by atoms with van der Waals surface area (Å²) < 4.78 is 0. The van der Waals surface area contributed by atoms with Gasteiger partial charge >= 0.3 is 0 Å². The van der Waals surface area contributed by atoms with Crippen LogP contribution in [0, 0.1) is 0 Å². The van der Waals surface area contributed by atoms with Crippen molar-refractivity contribution in [2.75, 3.05) is 0 Å². The zero-order valence-electron chi connectivity index (χ0n) is 9.90. The molecule has 0 heteroatoms. The third kappa shape index (κ3) is 1.38. The molecule has 3 aromatic rings. The lowest BCUT2D eigenvalue weighted by Gasteiger charge is -2.06. The van der Waals surface area contributed by atoms with E-state index in [1.807, 2.05) is 0 Å². The maximum absolute atomic E-state index is 4.24. The van der Waals surface area contributed by atoms with Gasteiger partial charge in [-0.1, -0.05) is 61.2 Å². The maximum atomic E-state index is 4.24. The third-order valence-electron chi connectivity index (χ3n) is 3.37. The predicted molar refractivity (Wildman–Crippen MR) is 76.4 cm³/mol. The summed E-state index contributed by atoms with van der Waals surface area (Å²) in [7, 11) is 0. The minimum atomic E-state index is 1.13. The average molecular weight is 218 g/mol. The highest BCUT2D eigenvalue weighted by Crippen LogP contribution is 2.19. The zero-order chi connectivity index (χ0) is 11.8. The van der Waals surface area contributed by atoms with E-state index in [0.29, 0.717) is 0 Å². The summed E-state index contributed by atoms with van der Waals surface area (Å²) in [5.41, 5.74) is 0. The van der Waals surface area contributed by atoms with E-state index in [2.05, 4.69) is 68.1 Å². The van der Waals surface area contributed by atoms with Crippen molar-refractivity contribution in [2.45, 2.75) is 6.92 Å². The summed E-state index contributed by atoms with van der Waals surface area (Å²) in [4.78, 5) is 0. The first kappa shape index (κ1) is 10.1. The molecule has 0 nitrogen and oxygen atoms in total. The molecule has 3 rings (SSSR count). The van der Waals surface area contributed by atoms with Gasteiger partial charge in [0, 0.05) is 0 Å². The van der Waals surface area contributed by atoms with Crippen LogP contribution in [-0.4, -0.2) is 0 Å². The Bertz CT molecular complexity index is 810. The third-order valence-corrected chi connectivity index (χ3v) is 3.37. The highest BCUT2D eigenvalue weighted by molar-refractivity contribution is 6.07. The Morgan fingerprint density at radius 2 is 1.24 bits per heavy atom. The molecular formula is C17H14. The number of rotatable bonds is 0. The lowest BCUT2D eigenvalue weighted by Crippen LogP contribution is -2.24. The molecule has 0 saturated carbocycles. The number of hydrogen-bond acceptors (Lipinski definition) is 0. The summed E-state index contributed by atoms with van der Waals surface area (Å²) >= 11 is 0. The van der Waals surface area contributed by atoms with Gasteiger partial charge < -0.3 is 0 Å². The summed E-state index contributed by atoms with van der Waals surface area (Å²) in [6, 6.07) is 17.0. The zero-order valence-corrected chi connectivity index (χ0v) is 9.90. The molecular weight excluding hydrogens is 204 g/mol. The van der Waals surface area contributed by atoms with Gasteiger partial charge in [-0.25, -0.2) is 0 Å². The van der Waals surface area contributed by atoms with E-state index < -0.39 is 0 Å². The minimum Gasteiger partial charge on any atom is -0.0905 e. The first-order valence-electron chi connectivity index (χ1n) is 5.87. The van der Waals surface area contributed by atoms with Crippen molar-refractivity contribution in [1.29, 1.82) is 0 Å². The molecule has 0 amide bonds. The van der Waals surface area contributed by atoms with E-state index in [0.717, 1.165) is 5.22 Å². The fourth-order valence-corrected chi connectivity index (χ4v) is 2.57. The Morgan fingerprint density at radius 3 is 1.82 bits per heavy atom. The van der Waals surface area contributed by atoms with Crippen molar-refractivity contribution in [1.82, 2.24) is 0 Å². The van der Waals surface area contributed by atoms with Crippen molar-refractivity contribution in [3.8, 4) is 0 Å². The van der Waals surface area contributed by atoms with Crippen LogP contribution < -0.4 is 10.4 Å². The van der Waals surface area contributed by atoms with Crippen LogP contribution in [0.4, 0.5) is 0 Å². The van der Waals surface area contributed by atoms with E-state index in [4.69, 9.17) is 0 Å². The standard InChI is InChI=1S/C17H14/c1-3-13-12(2)14-8-4-5-10-16(14)17-11-7-6-9-15(13)17/h3-11H,2H2,1H3/b13-3+. The van der Waals surface area contributed by atoms with E-state index in [-0.39, 0.29) is 0 Å². The van der Waals surface area contributed by atoms with Crippen LogP contribution in [0.3, 0.4) is 0 Å². The lowest BCUT2D eigenvalue weighted by molar-refractivity contribution is 1.62. The lowest BCUT2D eigenvalue weighted by atomic mass is 9.98. The molecule has 0 spiro atoms. The monoisotopic (exact) mass is 218 g/mol. The molecule has 0 aromatic heterocycles. The smallest absolute Gasteiger partial charge is 0.00991 e. The van der Waals surface area contributed by atoms with Crippen LogP contribution in [0.5, 0.6) is 0 Å². The molecule has 0 radical (unpaired) electrons. The normalized spacial score (nSPS) is 12.4. The Labute approximate surface area is 101 Å². The van der Waals surface area contributed by atoms with Crippen molar-refractivity contribution in [3.63, 3.8) is 0 Å². The van der Waals surface area contributed by atoms with Crippen LogP contribution in [0.2, 0.25) is 0 Å². The van der Waals surface area contributed by atoms with Crippen molar-refractivity contribution >= 4 is 34.2 Å². The summed E-state index contributed by atoms with van der Waals surface area (Å²) in [6.45, 7) is 6.31. The number of hydrogen-bond donors (Lipinski definition) is 0. The Morgan fingerprint density at radius 1 is 0.765 bits per heavy atom. The van der Waals surface area contributed by atoms with Gasteiger partial charge in [0.2, 0.25) is 0 Å². The molecule has 0 saturated heterocycles. The topological polar surface area (TPSA) is 0 Å². The number of fused-ring (bicyclic) bond motifs is 3. The molecule has 17 heavy (non-hydrogen) atoms. The fourth-order valence-electron chi connectivity index (χ4n) is 2.57. The van der Waals surface area contributed by atoms with Crippen LogP contribution in [0.15, 0.2) is 48.5 Å². The van der Waals surface area contributed by atoms with Crippen LogP contribution >= 0.6 is 0 Å². The Hall–Kier alpha value is -2.08. The second kappa shape index (κ2) is 3.74. The molecule has 0 atom stereocenters. The molecule has 0 unspecified atom stereocenters. The Kier molecular flexibility index (Phi) is 2.22. The van der Waals surface area contributed by atoms with Crippen LogP contribution in [0.25, 0.3) is 34.2 Å². The second-order valence-electron chi connectivity index (χ2n) is 4.27. The molecule has 3 aromatic carbocycles. The molecule has 0 aliphatic heterocycles. The minimum absolute atomic E-state index is 1.13. The molecule has 0 bridgehead atoms. The van der Waals surface area contributed by atoms with Gasteiger partial charge in [-0.15, -0.1) is 0 Å². The van der Waals surface area contributed by atoms with Gasteiger partial charge in [0.15, 0.2) is 0 Å². The van der Waals surface area contributed by atoms with E-state index in [9.17, 15) is 0 Å². The predicted octanol–water partition coefficient (Wildman–Crippen LogP) is 3.20.